The van der Waals surface area contributed by atoms with E-state index in [-0.39, 0.29) is 0 Å². The first kappa shape index (κ1) is 10.5. The van der Waals surface area contributed by atoms with Gasteiger partial charge in [-0.25, -0.2) is 9.78 Å². The summed E-state index contributed by atoms with van der Waals surface area (Å²) in [6, 6.07) is 3.13. The van der Waals surface area contributed by atoms with Crippen LogP contribution in [-0.2, 0) is 4.79 Å². The Morgan fingerprint density at radius 1 is 1.71 bits per heavy atom. The van der Waals surface area contributed by atoms with Gasteiger partial charge in [0.05, 0.1) is 0 Å². The number of hydrogen-bond donors (Lipinski definition) is 2. The number of rotatable bonds is 4. The van der Waals surface area contributed by atoms with E-state index in [9.17, 15) is 4.79 Å². The van der Waals surface area contributed by atoms with Gasteiger partial charge in [-0.05, 0) is 31.0 Å². The van der Waals surface area contributed by atoms with Crippen molar-refractivity contribution in [2.75, 3.05) is 5.32 Å². The predicted molar refractivity (Wildman–Crippen MR) is 54.3 cm³/mol. The third-order valence-corrected chi connectivity index (χ3v) is 1.94. The SMILES string of the molecule is CCC(Nc1cc(C)ccn1)C(=O)O. The number of aromatic nitrogens is 1. The van der Waals surface area contributed by atoms with Gasteiger partial charge in [-0.1, -0.05) is 6.92 Å². The van der Waals surface area contributed by atoms with Crippen molar-refractivity contribution in [3.05, 3.63) is 23.9 Å². The van der Waals surface area contributed by atoms with E-state index in [0.717, 1.165) is 5.56 Å². The van der Waals surface area contributed by atoms with Crippen LogP contribution in [0.25, 0.3) is 0 Å². The lowest BCUT2D eigenvalue weighted by Crippen LogP contribution is -2.28. The summed E-state index contributed by atoms with van der Waals surface area (Å²) in [5.74, 6) is -0.241. The fourth-order valence-corrected chi connectivity index (χ4v) is 1.13. The van der Waals surface area contributed by atoms with E-state index in [4.69, 9.17) is 5.11 Å². The number of nitrogens with zero attached hydrogens (tertiary/aromatic N) is 1. The molecule has 0 spiro atoms. The third kappa shape index (κ3) is 2.73. The first-order valence-corrected chi connectivity index (χ1v) is 4.55. The van der Waals surface area contributed by atoms with E-state index in [0.29, 0.717) is 12.2 Å². The number of aliphatic carboxylic acids is 1. The van der Waals surface area contributed by atoms with Crippen molar-refractivity contribution >= 4 is 11.8 Å². The first-order chi connectivity index (χ1) is 6.63. The van der Waals surface area contributed by atoms with Gasteiger partial charge in [-0.2, -0.15) is 0 Å². The molecule has 1 aromatic rings. The Morgan fingerprint density at radius 2 is 2.43 bits per heavy atom. The van der Waals surface area contributed by atoms with Crippen LogP contribution in [0.5, 0.6) is 0 Å². The highest BCUT2D eigenvalue weighted by Crippen LogP contribution is 2.08. The van der Waals surface area contributed by atoms with E-state index >= 15 is 0 Å². The molecule has 0 bridgehead atoms. The summed E-state index contributed by atoms with van der Waals surface area (Å²) in [6.07, 6.45) is 2.19. The van der Waals surface area contributed by atoms with E-state index in [1.807, 2.05) is 26.0 Å². The van der Waals surface area contributed by atoms with Gasteiger partial charge >= 0.3 is 5.97 Å². The molecule has 0 fully saturated rings. The number of pyridine rings is 1. The fraction of sp³-hybridized carbons (Fsp3) is 0.400. The molecule has 76 valence electrons. The van der Waals surface area contributed by atoms with Crippen molar-refractivity contribution < 1.29 is 9.90 Å². The van der Waals surface area contributed by atoms with Crippen LogP contribution in [0.1, 0.15) is 18.9 Å². The molecule has 0 radical (unpaired) electrons. The minimum atomic E-state index is -0.851. The largest absolute Gasteiger partial charge is 0.480 e. The Kier molecular flexibility index (Phi) is 3.45. The fourth-order valence-electron chi connectivity index (χ4n) is 1.13. The smallest absolute Gasteiger partial charge is 0.326 e. The molecule has 0 amide bonds. The summed E-state index contributed by atoms with van der Waals surface area (Å²) >= 11 is 0. The summed E-state index contributed by atoms with van der Waals surface area (Å²) in [6.45, 7) is 3.76. The molecule has 1 heterocycles. The maximum absolute atomic E-state index is 10.7. The molecular weight excluding hydrogens is 180 g/mol. The van der Waals surface area contributed by atoms with Crippen LogP contribution in [0, 0.1) is 6.92 Å². The first-order valence-electron chi connectivity index (χ1n) is 4.55. The average Bonchev–Trinajstić information content (AvgIpc) is 2.14. The zero-order chi connectivity index (χ0) is 10.6. The van der Waals surface area contributed by atoms with Crippen LogP contribution in [0.15, 0.2) is 18.3 Å². The predicted octanol–water partition coefficient (Wildman–Crippen LogP) is 1.67. The highest BCUT2D eigenvalue weighted by Gasteiger charge is 2.14. The number of carbonyl (C=O) groups is 1. The van der Waals surface area contributed by atoms with E-state index < -0.39 is 12.0 Å². The molecule has 0 aromatic carbocycles. The number of carboxylic acids is 1. The van der Waals surface area contributed by atoms with Crippen LogP contribution < -0.4 is 5.32 Å². The Morgan fingerprint density at radius 3 is 2.93 bits per heavy atom. The Labute approximate surface area is 83.0 Å². The van der Waals surface area contributed by atoms with Crippen molar-refractivity contribution in [1.29, 1.82) is 0 Å². The van der Waals surface area contributed by atoms with Crippen molar-refractivity contribution in [3.8, 4) is 0 Å². The topological polar surface area (TPSA) is 62.2 Å². The van der Waals surface area contributed by atoms with Gasteiger partial charge in [0.2, 0.25) is 0 Å². The lowest BCUT2D eigenvalue weighted by atomic mass is 10.2. The maximum Gasteiger partial charge on any atom is 0.326 e. The zero-order valence-electron chi connectivity index (χ0n) is 8.32. The quantitative estimate of drug-likeness (QED) is 0.765. The second-order valence-electron chi connectivity index (χ2n) is 3.16. The number of nitrogens with one attached hydrogen (secondary N) is 1. The molecule has 0 aliphatic heterocycles. The lowest BCUT2D eigenvalue weighted by molar-refractivity contribution is -0.137. The molecule has 14 heavy (non-hydrogen) atoms. The molecule has 1 atom stereocenters. The molecule has 2 N–H and O–H groups in total. The van der Waals surface area contributed by atoms with E-state index in [1.54, 1.807) is 6.20 Å². The van der Waals surface area contributed by atoms with Gasteiger partial charge in [0, 0.05) is 6.20 Å². The summed E-state index contributed by atoms with van der Waals surface area (Å²) in [7, 11) is 0. The van der Waals surface area contributed by atoms with Gasteiger partial charge in [-0.15, -0.1) is 0 Å². The molecule has 0 aliphatic carbocycles. The summed E-state index contributed by atoms with van der Waals surface area (Å²) in [4.78, 5) is 14.8. The van der Waals surface area contributed by atoms with Gasteiger partial charge in [0.25, 0.3) is 0 Å². The molecular formula is C10H14N2O2. The van der Waals surface area contributed by atoms with Crippen molar-refractivity contribution in [3.63, 3.8) is 0 Å². The maximum atomic E-state index is 10.7. The summed E-state index contributed by atoms with van der Waals surface area (Å²) < 4.78 is 0. The van der Waals surface area contributed by atoms with E-state index in [2.05, 4.69) is 10.3 Å². The monoisotopic (exact) mass is 194 g/mol. The van der Waals surface area contributed by atoms with Crippen molar-refractivity contribution in [2.45, 2.75) is 26.3 Å². The minimum Gasteiger partial charge on any atom is -0.480 e. The molecule has 0 aliphatic rings. The van der Waals surface area contributed by atoms with Crippen molar-refractivity contribution in [2.24, 2.45) is 0 Å². The summed E-state index contributed by atoms with van der Waals surface area (Å²) in [5, 5.41) is 11.7. The third-order valence-electron chi connectivity index (χ3n) is 1.94. The van der Waals surface area contributed by atoms with Crippen LogP contribution in [0.4, 0.5) is 5.82 Å². The number of hydrogen-bond acceptors (Lipinski definition) is 3. The molecule has 4 heteroatoms. The van der Waals surface area contributed by atoms with Gasteiger partial charge in [-0.3, -0.25) is 0 Å². The highest BCUT2D eigenvalue weighted by atomic mass is 16.4. The van der Waals surface area contributed by atoms with Gasteiger partial charge in [0.1, 0.15) is 11.9 Å². The average molecular weight is 194 g/mol. The number of anilines is 1. The van der Waals surface area contributed by atoms with Crippen LogP contribution >= 0.6 is 0 Å². The molecule has 0 saturated carbocycles. The zero-order valence-corrected chi connectivity index (χ0v) is 8.32. The summed E-state index contributed by atoms with van der Waals surface area (Å²) in [5.41, 5.74) is 1.06. The second kappa shape index (κ2) is 4.60. The number of aryl methyl sites for hydroxylation is 1. The molecule has 4 nitrogen and oxygen atoms in total. The Balaban J connectivity index is 2.72. The van der Waals surface area contributed by atoms with Crippen LogP contribution in [-0.4, -0.2) is 22.1 Å². The van der Waals surface area contributed by atoms with Gasteiger partial charge < -0.3 is 10.4 Å². The van der Waals surface area contributed by atoms with Crippen LogP contribution in [0.3, 0.4) is 0 Å². The van der Waals surface area contributed by atoms with E-state index in [1.165, 1.54) is 0 Å². The number of carboxylic acid groups (broad SMARTS) is 1. The normalized spacial score (nSPS) is 12.1. The molecule has 1 rings (SSSR count). The Bertz CT molecular complexity index is 326. The lowest BCUT2D eigenvalue weighted by Gasteiger charge is -2.12. The second-order valence-corrected chi connectivity index (χ2v) is 3.16. The van der Waals surface area contributed by atoms with Crippen LogP contribution in [0.2, 0.25) is 0 Å². The standard InChI is InChI=1S/C10H14N2O2/c1-3-8(10(13)14)12-9-6-7(2)4-5-11-9/h4-6,8H,3H2,1-2H3,(H,11,12)(H,13,14). The van der Waals surface area contributed by atoms with Crippen molar-refractivity contribution in [1.82, 2.24) is 4.98 Å². The minimum absolute atomic E-state index is 0.533. The molecule has 0 saturated heterocycles. The molecule has 1 unspecified atom stereocenters. The Hall–Kier alpha value is -1.58. The highest BCUT2D eigenvalue weighted by molar-refractivity contribution is 5.76. The van der Waals surface area contributed by atoms with Gasteiger partial charge in [0.15, 0.2) is 0 Å². The molecule has 1 aromatic heterocycles.